The van der Waals surface area contributed by atoms with Gasteiger partial charge in [-0.3, -0.25) is 0 Å². The van der Waals surface area contributed by atoms with Crippen LogP contribution in [-0.4, -0.2) is 27.5 Å². The smallest absolute Gasteiger partial charge is 0.186 e. The van der Waals surface area contributed by atoms with Crippen molar-refractivity contribution >= 4 is 29.1 Å². The maximum Gasteiger partial charge on any atom is 0.186 e. The second-order valence-electron chi connectivity index (χ2n) is 3.66. The quantitative estimate of drug-likeness (QED) is 0.869. The zero-order chi connectivity index (χ0) is 10.0. The van der Waals surface area contributed by atoms with Gasteiger partial charge in [-0.05, 0) is 19.8 Å². The number of rotatable bonds is 3. The Hall–Kier alpha value is -0.390. The Morgan fingerprint density at radius 1 is 1.64 bits per heavy atom. The molecular formula is C8H12ClN3OS. The third kappa shape index (κ3) is 2.16. The number of nitrogens with zero attached hydrogens (tertiary/aromatic N) is 2. The van der Waals surface area contributed by atoms with E-state index in [2.05, 4.69) is 21.0 Å². The summed E-state index contributed by atoms with van der Waals surface area (Å²) in [5, 5.41) is 3.60. The van der Waals surface area contributed by atoms with Crippen molar-refractivity contribution in [3.8, 4) is 0 Å². The first-order valence-corrected chi connectivity index (χ1v) is 5.66. The normalized spacial score (nSPS) is 26.7. The lowest BCUT2D eigenvalue weighted by Crippen LogP contribution is -2.32. The molecule has 0 aliphatic carbocycles. The molecule has 2 heterocycles. The third-order valence-corrected chi connectivity index (χ3v) is 3.27. The van der Waals surface area contributed by atoms with Crippen LogP contribution < -0.4 is 5.32 Å². The van der Waals surface area contributed by atoms with Crippen molar-refractivity contribution in [1.82, 2.24) is 8.75 Å². The lowest BCUT2D eigenvalue weighted by atomic mass is 10.0. The Morgan fingerprint density at radius 3 is 3.07 bits per heavy atom. The van der Waals surface area contributed by atoms with Crippen molar-refractivity contribution in [3.63, 3.8) is 0 Å². The summed E-state index contributed by atoms with van der Waals surface area (Å²) in [6.07, 6.45) is 2.20. The van der Waals surface area contributed by atoms with E-state index in [9.17, 15) is 0 Å². The van der Waals surface area contributed by atoms with Crippen molar-refractivity contribution in [2.75, 3.05) is 18.5 Å². The van der Waals surface area contributed by atoms with Gasteiger partial charge in [0.25, 0.3) is 0 Å². The summed E-state index contributed by atoms with van der Waals surface area (Å²) in [5.74, 6) is 0.661. The van der Waals surface area contributed by atoms with Crippen LogP contribution in [0.1, 0.15) is 19.8 Å². The number of aromatic nitrogens is 2. The Bertz CT molecular complexity index is 311. The molecule has 1 fully saturated rings. The largest absolute Gasteiger partial charge is 0.373 e. The predicted octanol–water partition coefficient (Wildman–Crippen LogP) is 2.17. The minimum absolute atomic E-state index is 0.0764. The van der Waals surface area contributed by atoms with Gasteiger partial charge in [-0.1, -0.05) is 11.6 Å². The summed E-state index contributed by atoms with van der Waals surface area (Å²) in [4.78, 5) is 0. The van der Waals surface area contributed by atoms with E-state index in [4.69, 9.17) is 16.3 Å². The number of anilines is 1. The van der Waals surface area contributed by atoms with Gasteiger partial charge in [0.1, 0.15) is 0 Å². The third-order valence-electron chi connectivity index (χ3n) is 2.38. The minimum atomic E-state index is -0.0764. The molecule has 1 aliphatic heterocycles. The number of halogens is 1. The van der Waals surface area contributed by atoms with Gasteiger partial charge in [-0.2, -0.15) is 8.75 Å². The second-order valence-corrected chi connectivity index (χ2v) is 4.55. The molecule has 1 unspecified atom stereocenters. The topological polar surface area (TPSA) is 47.0 Å². The molecule has 1 aromatic rings. The van der Waals surface area contributed by atoms with E-state index in [1.807, 2.05) is 0 Å². The first-order valence-electron chi connectivity index (χ1n) is 4.55. The van der Waals surface area contributed by atoms with Crippen LogP contribution in [0.5, 0.6) is 0 Å². The summed E-state index contributed by atoms with van der Waals surface area (Å²) in [5.41, 5.74) is -0.0764. The van der Waals surface area contributed by atoms with Crippen LogP contribution in [0.4, 0.5) is 5.82 Å². The van der Waals surface area contributed by atoms with Crippen LogP contribution in [0.3, 0.4) is 0 Å². The molecule has 0 bridgehead atoms. The monoisotopic (exact) mass is 233 g/mol. The Morgan fingerprint density at radius 2 is 2.50 bits per heavy atom. The Kier molecular flexibility index (Phi) is 2.90. The summed E-state index contributed by atoms with van der Waals surface area (Å²) in [6, 6.07) is 0. The van der Waals surface area contributed by atoms with Crippen LogP contribution in [0.25, 0.3) is 0 Å². The molecule has 1 aliphatic rings. The van der Waals surface area contributed by atoms with E-state index in [0.29, 0.717) is 11.0 Å². The molecule has 0 saturated carbocycles. The fraction of sp³-hybridized carbons (Fsp3) is 0.750. The van der Waals surface area contributed by atoms with Crippen LogP contribution >= 0.6 is 23.3 Å². The molecule has 1 N–H and O–H groups in total. The molecule has 1 saturated heterocycles. The molecule has 0 amide bonds. The summed E-state index contributed by atoms with van der Waals surface area (Å²) in [6.45, 7) is 3.68. The van der Waals surface area contributed by atoms with Gasteiger partial charge in [0.2, 0.25) is 0 Å². The number of hydrogen-bond donors (Lipinski definition) is 1. The molecular weight excluding hydrogens is 222 g/mol. The number of nitrogens with one attached hydrogen (secondary N) is 1. The van der Waals surface area contributed by atoms with Crippen molar-refractivity contribution in [1.29, 1.82) is 0 Å². The summed E-state index contributed by atoms with van der Waals surface area (Å²) >= 11 is 6.92. The highest BCUT2D eigenvalue weighted by atomic mass is 35.5. The van der Waals surface area contributed by atoms with Crippen LogP contribution in [0.15, 0.2) is 0 Å². The summed E-state index contributed by atoms with van der Waals surface area (Å²) < 4.78 is 13.5. The summed E-state index contributed by atoms with van der Waals surface area (Å²) in [7, 11) is 0. The molecule has 4 nitrogen and oxygen atoms in total. The van der Waals surface area contributed by atoms with E-state index in [1.54, 1.807) is 0 Å². The van der Waals surface area contributed by atoms with Gasteiger partial charge in [-0.25, -0.2) is 0 Å². The molecule has 6 heteroatoms. The first kappa shape index (κ1) is 10.1. The number of hydrogen-bond acceptors (Lipinski definition) is 5. The maximum absolute atomic E-state index is 5.80. The van der Waals surface area contributed by atoms with Crippen LogP contribution in [-0.2, 0) is 4.74 Å². The molecule has 1 atom stereocenters. The van der Waals surface area contributed by atoms with Gasteiger partial charge in [-0.15, -0.1) is 0 Å². The van der Waals surface area contributed by atoms with Crippen LogP contribution in [0.2, 0.25) is 5.15 Å². The molecule has 0 aromatic carbocycles. The van der Waals surface area contributed by atoms with E-state index in [1.165, 1.54) is 0 Å². The van der Waals surface area contributed by atoms with E-state index in [0.717, 1.165) is 37.7 Å². The molecule has 78 valence electrons. The number of ether oxygens (including phenoxy) is 1. The molecule has 2 rings (SSSR count). The molecule has 14 heavy (non-hydrogen) atoms. The lowest BCUT2D eigenvalue weighted by Gasteiger charge is -2.23. The van der Waals surface area contributed by atoms with Crippen molar-refractivity contribution in [2.24, 2.45) is 0 Å². The zero-order valence-electron chi connectivity index (χ0n) is 7.92. The predicted molar refractivity (Wildman–Crippen MR) is 57.0 cm³/mol. The minimum Gasteiger partial charge on any atom is -0.373 e. The highest BCUT2D eigenvalue weighted by molar-refractivity contribution is 6.99. The highest BCUT2D eigenvalue weighted by Gasteiger charge is 2.29. The second kappa shape index (κ2) is 4.00. The van der Waals surface area contributed by atoms with E-state index in [-0.39, 0.29) is 5.60 Å². The molecule has 0 spiro atoms. The first-order chi connectivity index (χ1) is 6.70. The molecule has 0 radical (unpaired) electrons. The maximum atomic E-state index is 5.80. The van der Waals surface area contributed by atoms with Gasteiger partial charge in [0, 0.05) is 13.2 Å². The Labute approximate surface area is 91.9 Å². The van der Waals surface area contributed by atoms with E-state index >= 15 is 0 Å². The lowest BCUT2D eigenvalue weighted by molar-refractivity contribution is 0.0315. The Balaban J connectivity index is 1.91. The fourth-order valence-electron chi connectivity index (χ4n) is 1.53. The van der Waals surface area contributed by atoms with Crippen molar-refractivity contribution in [2.45, 2.75) is 25.4 Å². The zero-order valence-corrected chi connectivity index (χ0v) is 9.49. The van der Waals surface area contributed by atoms with Gasteiger partial charge >= 0.3 is 0 Å². The fourth-order valence-corrected chi connectivity index (χ4v) is 2.21. The average Bonchev–Trinajstić information content (AvgIpc) is 2.73. The van der Waals surface area contributed by atoms with Crippen molar-refractivity contribution in [3.05, 3.63) is 5.15 Å². The van der Waals surface area contributed by atoms with Crippen molar-refractivity contribution < 1.29 is 4.74 Å². The average molecular weight is 234 g/mol. The van der Waals surface area contributed by atoms with Crippen LogP contribution in [0, 0.1) is 0 Å². The van der Waals surface area contributed by atoms with Gasteiger partial charge in [0.15, 0.2) is 11.0 Å². The van der Waals surface area contributed by atoms with Gasteiger partial charge < -0.3 is 10.1 Å². The van der Waals surface area contributed by atoms with E-state index < -0.39 is 0 Å². The van der Waals surface area contributed by atoms with Gasteiger partial charge in [0.05, 0.1) is 17.3 Å². The SMILES string of the molecule is CC1(CNc2nsnc2Cl)CCCO1. The highest BCUT2D eigenvalue weighted by Crippen LogP contribution is 2.26. The standard InChI is InChI=1S/C8H12ClN3OS/c1-8(3-2-4-13-8)5-10-7-6(9)11-14-12-7/h2-5H2,1H3,(H,10,12). The molecule has 1 aromatic heterocycles.